The second-order valence-electron chi connectivity index (χ2n) is 5.28. The first-order chi connectivity index (χ1) is 11.2. The SMILES string of the molecule is Cc1ccc(Cl)cc1NC(=O)/C=C/c1ccc(NS(C)(=O)=O)cc1. The molecule has 2 N–H and O–H groups in total. The van der Waals surface area contributed by atoms with Crippen LogP contribution in [0.2, 0.25) is 5.02 Å². The molecule has 126 valence electrons. The number of rotatable bonds is 5. The molecule has 24 heavy (non-hydrogen) atoms. The van der Waals surface area contributed by atoms with Gasteiger partial charge in [-0.1, -0.05) is 29.8 Å². The Bertz CT molecular complexity index is 875. The number of carbonyl (C=O) groups is 1. The van der Waals surface area contributed by atoms with E-state index in [4.69, 9.17) is 11.6 Å². The Labute approximate surface area is 146 Å². The molecule has 0 aromatic heterocycles. The van der Waals surface area contributed by atoms with Crippen molar-refractivity contribution in [2.75, 3.05) is 16.3 Å². The van der Waals surface area contributed by atoms with Gasteiger partial charge in [0.2, 0.25) is 15.9 Å². The van der Waals surface area contributed by atoms with Gasteiger partial charge in [0.05, 0.1) is 6.26 Å². The lowest BCUT2D eigenvalue weighted by molar-refractivity contribution is -0.111. The van der Waals surface area contributed by atoms with Crippen molar-refractivity contribution in [3.05, 3.63) is 64.7 Å². The van der Waals surface area contributed by atoms with Crippen LogP contribution in [0.5, 0.6) is 0 Å². The van der Waals surface area contributed by atoms with E-state index in [1.54, 1.807) is 42.5 Å². The third-order valence-electron chi connectivity index (χ3n) is 3.10. The summed E-state index contributed by atoms with van der Waals surface area (Å²) in [6.07, 6.45) is 4.13. The van der Waals surface area contributed by atoms with E-state index in [-0.39, 0.29) is 5.91 Å². The van der Waals surface area contributed by atoms with E-state index >= 15 is 0 Å². The number of hydrogen-bond donors (Lipinski definition) is 2. The molecule has 5 nitrogen and oxygen atoms in total. The van der Waals surface area contributed by atoms with Gasteiger partial charge in [-0.05, 0) is 48.4 Å². The Kier molecular flexibility index (Phi) is 5.64. The van der Waals surface area contributed by atoms with Crippen LogP contribution in [0.15, 0.2) is 48.5 Å². The topological polar surface area (TPSA) is 75.3 Å². The van der Waals surface area contributed by atoms with Crippen LogP contribution in [0.3, 0.4) is 0 Å². The maximum absolute atomic E-state index is 12.0. The molecule has 0 unspecified atom stereocenters. The maximum atomic E-state index is 12.0. The van der Waals surface area contributed by atoms with Gasteiger partial charge in [0, 0.05) is 22.5 Å². The van der Waals surface area contributed by atoms with Crippen LogP contribution < -0.4 is 10.0 Å². The number of nitrogens with one attached hydrogen (secondary N) is 2. The highest BCUT2D eigenvalue weighted by Crippen LogP contribution is 2.20. The minimum Gasteiger partial charge on any atom is -0.322 e. The van der Waals surface area contributed by atoms with Gasteiger partial charge in [0.25, 0.3) is 0 Å². The van der Waals surface area contributed by atoms with E-state index in [2.05, 4.69) is 10.0 Å². The van der Waals surface area contributed by atoms with Gasteiger partial charge in [0.1, 0.15) is 0 Å². The van der Waals surface area contributed by atoms with Crippen LogP contribution >= 0.6 is 11.6 Å². The quantitative estimate of drug-likeness (QED) is 0.795. The molecule has 7 heteroatoms. The van der Waals surface area contributed by atoms with Gasteiger partial charge in [-0.25, -0.2) is 8.42 Å². The van der Waals surface area contributed by atoms with Crippen LogP contribution in [0.1, 0.15) is 11.1 Å². The highest BCUT2D eigenvalue weighted by Gasteiger charge is 2.03. The fraction of sp³-hybridized carbons (Fsp3) is 0.118. The van der Waals surface area contributed by atoms with Crippen molar-refractivity contribution in [2.24, 2.45) is 0 Å². The van der Waals surface area contributed by atoms with Crippen molar-refractivity contribution in [2.45, 2.75) is 6.92 Å². The van der Waals surface area contributed by atoms with Crippen LogP contribution in [-0.2, 0) is 14.8 Å². The molecule has 0 aliphatic heterocycles. The summed E-state index contributed by atoms with van der Waals surface area (Å²) < 4.78 is 24.7. The van der Waals surface area contributed by atoms with Crippen LogP contribution in [0, 0.1) is 6.92 Å². The molecule has 2 aromatic carbocycles. The predicted octanol–water partition coefficient (Wildman–Crippen LogP) is 3.67. The van der Waals surface area contributed by atoms with Gasteiger partial charge < -0.3 is 5.32 Å². The molecular weight excluding hydrogens is 348 g/mol. The number of sulfonamides is 1. The first-order valence-electron chi connectivity index (χ1n) is 7.06. The van der Waals surface area contributed by atoms with Gasteiger partial charge in [0.15, 0.2) is 0 Å². The molecule has 0 saturated carbocycles. The molecule has 2 rings (SSSR count). The summed E-state index contributed by atoms with van der Waals surface area (Å²) in [6, 6.07) is 11.9. The van der Waals surface area contributed by atoms with Crippen molar-refractivity contribution in [3.8, 4) is 0 Å². The third kappa shape index (κ3) is 5.72. The standard InChI is InChI=1S/C17H17ClN2O3S/c1-12-3-7-14(18)11-16(12)19-17(21)10-6-13-4-8-15(9-5-13)20-24(2,22)23/h3-11,20H,1-2H3,(H,19,21)/b10-6+. The number of aryl methyl sites for hydroxylation is 1. The maximum Gasteiger partial charge on any atom is 0.248 e. The first kappa shape index (κ1) is 18.0. The van der Waals surface area contributed by atoms with Gasteiger partial charge in [-0.2, -0.15) is 0 Å². The lowest BCUT2D eigenvalue weighted by atomic mass is 10.2. The van der Waals surface area contributed by atoms with Gasteiger partial charge in [-0.3, -0.25) is 9.52 Å². The first-order valence-corrected chi connectivity index (χ1v) is 9.33. The monoisotopic (exact) mass is 364 g/mol. The summed E-state index contributed by atoms with van der Waals surface area (Å²) in [7, 11) is -3.30. The van der Waals surface area contributed by atoms with Crippen molar-refractivity contribution in [1.29, 1.82) is 0 Å². The summed E-state index contributed by atoms with van der Waals surface area (Å²) in [5.41, 5.74) is 2.81. The zero-order valence-electron chi connectivity index (χ0n) is 13.2. The number of amides is 1. The third-order valence-corrected chi connectivity index (χ3v) is 3.94. The molecule has 0 spiro atoms. The molecule has 0 saturated heterocycles. The summed E-state index contributed by atoms with van der Waals surface area (Å²) in [6.45, 7) is 1.88. The molecule has 0 radical (unpaired) electrons. The van der Waals surface area contributed by atoms with Crippen molar-refractivity contribution in [1.82, 2.24) is 0 Å². The normalized spacial score (nSPS) is 11.5. The summed E-state index contributed by atoms with van der Waals surface area (Å²) >= 11 is 5.92. The van der Waals surface area contributed by atoms with E-state index in [0.717, 1.165) is 17.4 Å². The zero-order chi connectivity index (χ0) is 17.7. The van der Waals surface area contributed by atoms with Crippen LogP contribution in [0.25, 0.3) is 6.08 Å². The van der Waals surface area contributed by atoms with Crippen molar-refractivity contribution >= 4 is 45.0 Å². The molecule has 1 amide bonds. The molecule has 0 atom stereocenters. The van der Waals surface area contributed by atoms with E-state index in [1.807, 2.05) is 13.0 Å². The van der Waals surface area contributed by atoms with Crippen LogP contribution in [-0.4, -0.2) is 20.6 Å². The number of anilines is 2. The number of halogens is 1. The van der Waals surface area contributed by atoms with Gasteiger partial charge >= 0.3 is 0 Å². The molecule has 0 aliphatic rings. The van der Waals surface area contributed by atoms with E-state index in [0.29, 0.717) is 16.4 Å². The molecule has 0 heterocycles. The molecule has 0 fully saturated rings. The predicted molar refractivity (Wildman–Crippen MR) is 98.8 cm³/mol. The average Bonchev–Trinajstić information content (AvgIpc) is 2.49. The Balaban J connectivity index is 2.02. The smallest absolute Gasteiger partial charge is 0.248 e. The Morgan fingerprint density at radius 2 is 1.79 bits per heavy atom. The largest absolute Gasteiger partial charge is 0.322 e. The summed E-state index contributed by atoms with van der Waals surface area (Å²) in [4.78, 5) is 12.0. The second kappa shape index (κ2) is 7.51. The van der Waals surface area contributed by atoms with Crippen LogP contribution in [0.4, 0.5) is 11.4 Å². The minimum atomic E-state index is -3.30. The molecular formula is C17H17ClN2O3S. The molecule has 0 aliphatic carbocycles. The number of hydrogen-bond acceptors (Lipinski definition) is 3. The number of carbonyl (C=O) groups excluding carboxylic acids is 1. The van der Waals surface area contributed by atoms with E-state index in [1.165, 1.54) is 6.08 Å². The van der Waals surface area contributed by atoms with Crippen molar-refractivity contribution in [3.63, 3.8) is 0 Å². The second-order valence-corrected chi connectivity index (χ2v) is 7.46. The Morgan fingerprint density at radius 1 is 1.12 bits per heavy atom. The number of benzene rings is 2. The lowest BCUT2D eigenvalue weighted by Gasteiger charge is -2.06. The molecule has 0 bridgehead atoms. The molecule has 2 aromatic rings. The fourth-order valence-electron chi connectivity index (χ4n) is 1.95. The minimum absolute atomic E-state index is 0.279. The highest BCUT2D eigenvalue weighted by molar-refractivity contribution is 7.92. The van der Waals surface area contributed by atoms with E-state index in [9.17, 15) is 13.2 Å². The van der Waals surface area contributed by atoms with Crippen molar-refractivity contribution < 1.29 is 13.2 Å². The summed E-state index contributed by atoms with van der Waals surface area (Å²) in [5, 5.41) is 3.31. The summed E-state index contributed by atoms with van der Waals surface area (Å²) in [5.74, 6) is -0.279. The average molecular weight is 365 g/mol. The van der Waals surface area contributed by atoms with E-state index < -0.39 is 10.0 Å². The highest BCUT2D eigenvalue weighted by atomic mass is 35.5. The zero-order valence-corrected chi connectivity index (χ0v) is 14.8. The lowest BCUT2D eigenvalue weighted by Crippen LogP contribution is -2.09. The fourth-order valence-corrected chi connectivity index (χ4v) is 2.69. The Hall–Kier alpha value is -2.31. The van der Waals surface area contributed by atoms with Gasteiger partial charge in [-0.15, -0.1) is 0 Å². The Morgan fingerprint density at radius 3 is 2.42 bits per heavy atom.